The average molecular weight is 257 g/mol. The summed E-state index contributed by atoms with van der Waals surface area (Å²) >= 11 is 0. The molecule has 0 radical (unpaired) electrons. The van der Waals surface area contributed by atoms with Gasteiger partial charge in [-0.05, 0) is 34.1 Å². The molecule has 1 saturated heterocycles. The van der Waals surface area contributed by atoms with Gasteiger partial charge < -0.3 is 20.5 Å². The number of carbonyl (C=O) groups excluding carboxylic acids is 1. The third-order valence-corrected chi connectivity index (χ3v) is 2.57. The molecule has 0 saturated carbocycles. The van der Waals surface area contributed by atoms with Crippen LogP contribution >= 0.6 is 0 Å². The smallest absolute Gasteiger partial charge is 0.410 e. The van der Waals surface area contributed by atoms with Crippen molar-refractivity contribution >= 4 is 11.9 Å². The number of rotatable bonds is 1. The SMILES string of the molecule is CC(N)=NC1CN(C(=O)OC(C)(C)C)CCC1O. The molecule has 1 heterocycles. The molecule has 104 valence electrons. The maximum Gasteiger partial charge on any atom is 0.410 e. The number of aliphatic hydroxyl groups excluding tert-OH is 1. The van der Waals surface area contributed by atoms with E-state index in [-0.39, 0.29) is 12.1 Å². The molecule has 0 aromatic carbocycles. The van der Waals surface area contributed by atoms with E-state index < -0.39 is 11.7 Å². The number of aliphatic hydroxyl groups is 1. The summed E-state index contributed by atoms with van der Waals surface area (Å²) < 4.78 is 5.29. The zero-order valence-electron chi connectivity index (χ0n) is 11.5. The van der Waals surface area contributed by atoms with E-state index in [1.807, 2.05) is 20.8 Å². The summed E-state index contributed by atoms with van der Waals surface area (Å²) in [6.45, 7) is 7.95. The van der Waals surface area contributed by atoms with Crippen LogP contribution in [0.15, 0.2) is 4.99 Å². The molecule has 6 heteroatoms. The number of amidine groups is 1. The second-order valence-corrected chi connectivity index (χ2v) is 5.62. The normalized spacial score (nSPS) is 26.1. The minimum atomic E-state index is -0.554. The highest BCUT2D eigenvalue weighted by Gasteiger charge is 2.32. The first kappa shape index (κ1) is 14.8. The van der Waals surface area contributed by atoms with E-state index in [4.69, 9.17) is 10.5 Å². The Morgan fingerprint density at radius 2 is 2.11 bits per heavy atom. The van der Waals surface area contributed by atoms with Gasteiger partial charge in [-0.1, -0.05) is 0 Å². The lowest BCUT2D eigenvalue weighted by molar-refractivity contribution is 0.00516. The quantitative estimate of drug-likeness (QED) is 0.535. The number of nitrogens with zero attached hydrogens (tertiary/aromatic N) is 2. The molecule has 1 aliphatic heterocycles. The fourth-order valence-corrected chi connectivity index (χ4v) is 1.80. The number of aliphatic imine (C=N–C) groups is 1. The van der Waals surface area contributed by atoms with Gasteiger partial charge in [0.1, 0.15) is 5.60 Å². The fraction of sp³-hybridized carbons (Fsp3) is 0.833. The first-order chi connectivity index (χ1) is 8.19. The molecule has 1 fully saturated rings. The van der Waals surface area contributed by atoms with Gasteiger partial charge in [0.15, 0.2) is 0 Å². The molecule has 0 aromatic rings. The van der Waals surface area contributed by atoms with Crippen LogP contribution in [-0.2, 0) is 4.74 Å². The predicted octanol–water partition coefficient (Wildman–Crippen LogP) is 0.734. The van der Waals surface area contributed by atoms with Crippen LogP contribution in [0.5, 0.6) is 0 Å². The number of piperidine rings is 1. The third kappa shape index (κ3) is 4.52. The molecule has 1 rings (SSSR count). The van der Waals surface area contributed by atoms with E-state index >= 15 is 0 Å². The topological polar surface area (TPSA) is 88.2 Å². The van der Waals surface area contributed by atoms with Crippen molar-refractivity contribution in [1.29, 1.82) is 0 Å². The van der Waals surface area contributed by atoms with Crippen molar-refractivity contribution in [2.45, 2.75) is 51.9 Å². The van der Waals surface area contributed by atoms with Gasteiger partial charge in [0.25, 0.3) is 0 Å². The Kier molecular flexibility index (Phi) is 4.56. The second kappa shape index (κ2) is 5.56. The van der Waals surface area contributed by atoms with Crippen molar-refractivity contribution in [3.8, 4) is 0 Å². The molecular weight excluding hydrogens is 234 g/mol. The summed E-state index contributed by atoms with van der Waals surface area (Å²) in [6.07, 6.45) is -0.438. The molecule has 0 bridgehead atoms. The van der Waals surface area contributed by atoms with Gasteiger partial charge in [-0.3, -0.25) is 4.99 Å². The van der Waals surface area contributed by atoms with Crippen LogP contribution in [0.3, 0.4) is 0 Å². The maximum absolute atomic E-state index is 11.9. The van der Waals surface area contributed by atoms with Crippen molar-refractivity contribution in [2.75, 3.05) is 13.1 Å². The van der Waals surface area contributed by atoms with Crippen molar-refractivity contribution in [3.63, 3.8) is 0 Å². The Morgan fingerprint density at radius 3 is 2.61 bits per heavy atom. The standard InChI is InChI=1S/C12H23N3O3/c1-8(13)14-9-7-15(6-5-10(9)16)11(17)18-12(2,3)4/h9-10,16H,5-7H2,1-4H3,(H2,13,14). The highest BCUT2D eigenvalue weighted by Crippen LogP contribution is 2.17. The number of hydrogen-bond acceptors (Lipinski definition) is 4. The van der Waals surface area contributed by atoms with E-state index in [2.05, 4.69) is 4.99 Å². The van der Waals surface area contributed by atoms with E-state index in [1.165, 1.54) is 0 Å². The summed E-state index contributed by atoms with van der Waals surface area (Å²) in [5.74, 6) is 0.407. The van der Waals surface area contributed by atoms with Gasteiger partial charge in [0.2, 0.25) is 0 Å². The molecule has 0 aromatic heterocycles. The van der Waals surface area contributed by atoms with Gasteiger partial charge >= 0.3 is 6.09 Å². The number of nitrogens with two attached hydrogens (primary N) is 1. The molecule has 2 atom stereocenters. The predicted molar refractivity (Wildman–Crippen MR) is 69.5 cm³/mol. The van der Waals surface area contributed by atoms with Crippen LogP contribution in [0.1, 0.15) is 34.1 Å². The number of carbonyl (C=O) groups is 1. The lowest BCUT2D eigenvalue weighted by Crippen LogP contribution is -2.50. The first-order valence-corrected chi connectivity index (χ1v) is 6.15. The largest absolute Gasteiger partial charge is 0.444 e. The van der Waals surface area contributed by atoms with E-state index in [9.17, 15) is 9.90 Å². The van der Waals surface area contributed by atoms with Crippen molar-refractivity contribution in [3.05, 3.63) is 0 Å². The minimum Gasteiger partial charge on any atom is -0.444 e. The van der Waals surface area contributed by atoms with Crippen molar-refractivity contribution < 1.29 is 14.6 Å². The van der Waals surface area contributed by atoms with Crippen molar-refractivity contribution in [1.82, 2.24) is 4.90 Å². The summed E-state index contributed by atoms with van der Waals surface area (Å²) in [4.78, 5) is 17.6. The first-order valence-electron chi connectivity index (χ1n) is 6.15. The van der Waals surface area contributed by atoms with E-state index in [0.29, 0.717) is 25.3 Å². The second-order valence-electron chi connectivity index (χ2n) is 5.62. The van der Waals surface area contributed by atoms with Crippen LogP contribution in [0.2, 0.25) is 0 Å². The molecule has 0 spiro atoms. The molecule has 1 aliphatic rings. The monoisotopic (exact) mass is 257 g/mol. The fourth-order valence-electron chi connectivity index (χ4n) is 1.80. The van der Waals surface area contributed by atoms with Crippen LogP contribution in [0.25, 0.3) is 0 Å². The number of hydrogen-bond donors (Lipinski definition) is 2. The van der Waals surface area contributed by atoms with Gasteiger partial charge in [-0.25, -0.2) is 4.79 Å². The van der Waals surface area contributed by atoms with Crippen LogP contribution in [0.4, 0.5) is 4.79 Å². The highest BCUT2D eigenvalue weighted by atomic mass is 16.6. The van der Waals surface area contributed by atoms with Gasteiger partial charge in [-0.15, -0.1) is 0 Å². The lowest BCUT2D eigenvalue weighted by atomic mass is 10.0. The molecule has 2 unspecified atom stereocenters. The molecule has 3 N–H and O–H groups in total. The number of ether oxygens (including phenoxy) is 1. The van der Waals surface area contributed by atoms with Crippen LogP contribution in [0, 0.1) is 0 Å². The van der Waals surface area contributed by atoms with E-state index in [0.717, 1.165) is 0 Å². The highest BCUT2D eigenvalue weighted by molar-refractivity contribution is 5.77. The zero-order valence-corrected chi connectivity index (χ0v) is 11.5. The Balaban J connectivity index is 2.64. The van der Waals surface area contributed by atoms with E-state index in [1.54, 1.807) is 11.8 Å². The Morgan fingerprint density at radius 1 is 1.50 bits per heavy atom. The Labute approximate surface area is 108 Å². The Bertz CT molecular complexity index is 332. The summed E-state index contributed by atoms with van der Waals surface area (Å²) in [5, 5.41) is 9.81. The van der Waals surface area contributed by atoms with Gasteiger partial charge in [0, 0.05) is 13.1 Å². The molecule has 1 amide bonds. The van der Waals surface area contributed by atoms with Crippen molar-refractivity contribution in [2.24, 2.45) is 10.7 Å². The molecule has 0 aliphatic carbocycles. The third-order valence-electron chi connectivity index (χ3n) is 2.57. The summed E-state index contributed by atoms with van der Waals surface area (Å²) in [5.41, 5.74) is 4.99. The lowest BCUT2D eigenvalue weighted by Gasteiger charge is -2.35. The maximum atomic E-state index is 11.9. The van der Waals surface area contributed by atoms with Crippen LogP contribution < -0.4 is 5.73 Å². The van der Waals surface area contributed by atoms with Crippen LogP contribution in [-0.4, -0.2) is 52.8 Å². The molecule has 6 nitrogen and oxygen atoms in total. The average Bonchev–Trinajstić information content (AvgIpc) is 2.17. The number of amides is 1. The molecule has 18 heavy (non-hydrogen) atoms. The zero-order chi connectivity index (χ0) is 13.9. The summed E-state index contributed by atoms with van der Waals surface area (Å²) in [6, 6.07) is -0.365. The van der Waals surface area contributed by atoms with Gasteiger partial charge in [0.05, 0.1) is 18.0 Å². The minimum absolute atomic E-state index is 0.338. The Hall–Kier alpha value is -1.30. The van der Waals surface area contributed by atoms with Gasteiger partial charge in [-0.2, -0.15) is 0 Å². The number of likely N-dealkylation sites (tertiary alicyclic amines) is 1. The molecular formula is C12H23N3O3. The summed E-state index contributed by atoms with van der Waals surface area (Å²) in [7, 11) is 0.